The van der Waals surface area contributed by atoms with Gasteiger partial charge in [-0.1, -0.05) is 54.6 Å². The van der Waals surface area contributed by atoms with E-state index < -0.39 is 18.1 Å². The molecule has 2 heterocycles. The summed E-state index contributed by atoms with van der Waals surface area (Å²) in [5.74, 6) is -1.65. The normalized spacial score (nSPS) is 14.6. The van der Waals surface area contributed by atoms with E-state index in [-0.39, 0.29) is 29.6 Å². The SMILES string of the molecule is O=C(NCCN1CCCN(Cc2ccccc2)CC1)N(Cc1ccc(-c2nnc(C(F)F)o2)cc1F)c1ccccc1. The van der Waals surface area contributed by atoms with Gasteiger partial charge < -0.3 is 14.6 Å². The Labute approximate surface area is 242 Å². The molecule has 0 unspecified atom stereocenters. The number of alkyl halides is 2. The van der Waals surface area contributed by atoms with Crippen molar-refractivity contribution >= 4 is 11.7 Å². The van der Waals surface area contributed by atoms with Crippen LogP contribution in [0.5, 0.6) is 0 Å². The first-order valence-electron chi connectivity index (χ1n) is 14.0. The van der Waals surface area contributed by atoms with Gasteiger partial charge in [-0.05, 0) is 49.3 Å². The number of carbonyl (C=O) groups excluding carboxylic acids is 1. The molecule has 1 fully saturated rings. The first-order valence-corrected chi connectivity index (χ1v) is 14.0. The Morgan fingerprint density at radius 2 is 1.64 bits per heavy atom. The molecule has 220 valence electrons. The fourth-order valence-corrected chi connectivity index (χ4v) is 4.97. The number of amides is 2. The number of halogens is 3. The van der Waals surface area contributed by atoms with Crippen LogP contribution in [0.3, 0.4) is 0 Å². The number of anilines is 1. The van der Waals surface area contributed by atoms with Gasteiger partial charge in [-0.15, -0.1) is 10.2 Å². The summed E-state index contributed by atoms with van der Waals surface area (Å²) in [5, 5.41) is 9.85. The second-order valence-electron chi connectivity index (χ2n) is 10.2. The lowest BCUT2D eigenvalue weighted by Gasteiger charge is -2.25. The second-order valence-corrected chi connectivity index (χ2v) is 10.2. The Bertz CT molecular complexity index is 1440. The van der Waals surface area contributed by atoms with Gasteiger partial charge >= 0.3 is 12.5 Å². The molecular weight excluding hydrogens is 545 g/mol. The van der Waals surface area contributed by atoms with E-state index in [1.165, 1.54) is 22.6 Å². The maximum Gasteiger partial charge on any atom is 0.322 e. The molecule has 0 aliphatic carbocycles. The molecule has 42 heavy (non-hydrogen) atoms. The summed E-state index contributed by atoms with van der Waals surface area (Å²) in [4.78, 5) is 19.6. The Kier molecular flexibility index (Phi) is 9.83. The van der Waals surface area contributed by atoms with E-state index in [0.29, 0.717) is 18.8 Å². The average Bonchev–Trinajstić information content (AvgIpc) is 3.40. The van der Waals surface area contributed by atoms with Crippen LogP contribution in [0.25, 0.3) is 11.5 Å². The van der Waals surface area contributed by atoms with Crippen molar-refractivity contribution in [3.05, 3.63) is 102 Å². The number of para-hydroxylation sites is 1. The van der Waals surface area contributed by atoms with Crippen LogP contribution >= 0.6 is 0 Å². The van der Waals surface area contributed by atoms with Crippen molar-refractivity contribution in [3.8, 4) is 11.5 Å². The zero-order valence-corrected chi connectivity index (χ0v) is 23.1. The zero-order valence-electron chi connectivity index (χ0n) is 23.1. The van der Waals surface area contributed by atoms with Crippen molar-refractivity contribution in [1.29, 1.82) is 0 Å². The lowest BCUT2D eigenvalue weighted by molar-refractivity contribution is 0.116. The van der Waals surface area contributed by atoms with Gasteiger partial charge in [0.05, 0.1) is 6.54 Å². The summed E-state index contributed by atoms with van der Waals surface area (Å²) in [5.41, 5.74) is 2.34. The number of benzene rings is 3. The monoisotopic (exact) mass is 578 g/mol. The van der Waals surface area contributed by atoms with E-state index in [1.54, 1.807) is 12.1 Å². The fourth-order valence-electron chi connectivity index (χ4n) is 4.97. The van der Waals surface area contributed by atoms with Crippen LogP contribution in [0.2, 0.25) is 0 Å². The van der Waals surface area contributed by atoms with Crippen LogP contribution in [-0.2, 0) is 13.1 Å². The van der Waals surface area contributed by atoms with Crippen LogP contribution in [-0.4, -0.2) is 65.3 Å². The molecule has 1 aromatic heterocycles. The first-order chi connectivity index (χ1) is 20.5. The van der Waals surface area contributed by atoms with Gasteiger partial charge in [0.15, 0.2) is 0 Å². The quantitative estimate of drug-likeness (QED) is 0.259. The van der Waals surface area contributed by atoms with Crippen molar-refractivity contribution in [1.82, 2.24) is 25.3 Å². The van der Waals surface area contributed by atoms with Crippen LogP contribution in [0.15, 0.2) is 83.3 Å². The van der Waals surface area contributed by atoms with Crippen molar-refractivity contribution in [2.45, 2.75) is 25.9 Å². The topological polar surface area (TPSA) is 77.7 Å². The smallest absolute Gasteiger partial charge is 0.322 e. The van der Waals surface area contributed by atoms with E-state index in [9.17, 15) is 13.6 Å². The molecule has 3 aromatic carbocycles. The third-order valence-corrected chi connectivity index (χ3v) is 7.20. The third-order valence-electron chi connectivity index (χ3n) is 7.20. The second kappa shape index (κ2) is 14.1. The maximum absolute atomic E-state index is 15.1. The Morgan fingerprint density at radius 3 is 2.36 bits per heavy atom. The molecule has 11 heteroatoms. The van der Waals surface area contributed by atoms with E-state index in [1.807, 2.05) is 24.3 Å². The van der Waals surface area contributed by atoms with Gasteiger partial charge in [0.2, 0.25) is 5.89 Å². The van der Waals surface area contributed by atoms with Crippen LogP contribution in [0.1, 0.15) is 29.9 Å². The summed E-state index contributed by atoms with van der Waals surface area (Å²) in [7, 11) is 0. The molecule has 8 nitrogen and oxygen atoms in total. The van der Waals surface area contributed by atoms with Crippen molar-refractivity contribution < 1.29 is 22.4 Å². The fraction of sp³-hybridized carbons (Fsp3) is 0.323. The molecule has 0 radical (unpaired) electrons. The minimum Gasteiger partial charge on any atom is -0.415 e. The van der Waals surface area contributed by atoms with Crippen molar-refractivity contribution in [2.24, 2.45) is 0 Å². The van der Waals surface area contributed by atoms with Crippen molar-refractivity contribution in [2.75, 3.05) is 44.2 Å². The van der Waals surface area contributed by atoms with Gasteiger partial charge in [-0.2, -0.15) is 8.78 Å². The Balaban J connectivity index is 1.18. The number of carbonyl (C=O) groups is 1. The predicted octanol–water partition coefficient (Wildman–Crippen LogP) is 5.74. The van der Waals surface area contributed by atoms with Gasteiger partial charge in [-0.25, -0.2) is 9.18 Å². The Hall–Kier alpha value is -4.22. The van der Waals surface area contributed by atoms with E-state index in [4.69, 9.17) is 4.42 Å². The number of nitrogens with one attached hydrogen (secondary N) is 1. The van der Waals surface area contributed by atoms with Crippen molar-refractivity contribution in [3.63, 3.8) is 0 Å². The highest BCUT2D eigenvalue weighted by Gasteiger charge is 2.21. The highest BCUT2D eigenvalue weighted by molar-refractivity contribution is 5.91. The number of aromatic nitrogens is 2. The van der Waals surface area contributed by atoms with Gasteiger partial charge in [0, 0.05) is 49.5 Å². The summed E-state index contributed by atoms with van der Waals surface area (Å²) in [6, 6.07) is 23.3. The van der Waals surface area contributed by atoms with E-state index >= 15 is 4.39 Å². The minimum atomic E-state index is -2.91. The zero-order chi connectivity index (χ0) is 29.3. The molecule has 0 spiro atoms. The predicted molar refractivity (Wildman–Crippen MR) is 153 cm³/mol. The largest absolute Gasteiger partial charge is 0.415 e. The third kappa shape index (κ3) is 7.74. The lowest BCUT2D eigenvalue weighted by Crippen LogP contribution is -2.43. The number of hydrogen-bond donors (Lipinski definition) is 1. The molecule has 0 atom stereocenters. The molecular formula is C31H33F3N6O2. The first kappa shape index (κ1) is 29.3. The number of nitrogens with zero attached hydrogens (tertiary/aromatic N) is 5. The molecule has 1 aliphatic rings. The summed E-state index contributed by atoms with van der Waals surface area (Å²) < 4.78 is 45.7. The molecule has 5 rings (SSSR count). The minimum absolute atomic E-state index is 0.0355. The van der Waals surface area contributed by atoms with Crippen LogP contribution < -0.4 is 10.2 Å². The average molecular weight is 579 g/mol. The summed E-state index contributed by atoms with van der Waals surface area (Å²) in [6.07, 6.45) is -1.86. The van der Waals surface area contributed by atoms with Crippen LogP contribution in [0, 0.1) is 5.82 Å². The lowest BCUT2D eigenvalue weighted by atomic mass is 10.1. The molecule has 2 amide bonds. The van der Waals surface area contributed by atoms with Gasteiger partial charge in [0.1, 0.15) is 5.82 Å². The Morgan fingerprint density at radius 1 is 0.929 bits per heavy atom. The molecule has 0 bridgehead atoms. The molecule has 1 aliphatic heterocycles. The highest BCUT2D eigenvalue weighted by Crippen LogP contribution is 2.26. The summed E-state index contributed by atoms with van der Waals surface area (Å²) >= 11 is 0. The van der Waals surface area contributed by atoms with E-state index in [2.05, 4.69) is 49.6 Å². The van der Waals surface area contributed by atoms with Gasteiger partial charge in [0.25, 0.3) is 5.89 Å². The number of hydrogen-bond acceptors (Lipinski definition) is 6. The van der Waals surface area contributed by atoms with E-state index in [0.717, 1.165) is 45.2 Å². The maximum atomic E-state index is 15.1. The molecule has 1 saturated heterocycles. The van der Waals surface area contributed by atoms with Gasteiger partial charge in [-0.3, -0.25) is 9.80 Å². The number of urea groups is 1. The van der Waals surface area contributed by atoms with Crippen LogP contribution in [0.4, 0.5) is 23.7 Å². The molecule has 1 N–H and O–H groups in total. The molecule has 4 aromatic rings. The highest BCUT2D eigenvalue weighted by atomic mass is 19.3. The number of rotatable bonds is 10. The summed E-state index contributed by atoms with van der Waals surface area (Å²) in [6.45, 7) is 5.92. The molecule has 0 saturated carbocycles. The standard InChI is InChI=1S/C31H33F3N6O2/c32-27-20-24(29-36-37-30(42-29)28(33)34)12-13-25(27)22-40(26-10-5-2-6-11-26)31(41)35-14-17-38-15-7-16-39(19-18-38)21-23-8-3-1-4-9-23/h1-6,8-13,20,28H,7,14-19,21-22H2,(H,35,41).